The molecule has 1 amide bonds. The SMILES string of the molecule is CCCNC(=O)c1nc(-c2ccc(C)cc2)n(-c2cc(C)ccc2C)n1. The number of carbonyl (C=O) groups excluding carboxylic acids is 1. The number of benzene rings is 2. The van der Waals surface area contributed by atoms with Gasteiger partial charge in [0.15, 0.2) is 5.82 Å². The highest BCUT2D eigenvalue weighted by molar-refractivity contribution is 5.91. The zero-order valence-electron chi connectivity index (χ0n) is 15.7. The maximum atomic E-state index is 12.4. The van der Waals surface area contributed by atoms with E-state index in [2.05, 4.69) is 33.6 Å². The van der Waals surface area contributed by atoms with Crippen LogP contribution in [0.15, 0.2) is 42.5 Å². The number of amides is 1. The zero-order chi connectivity index (χ0) is 18.7. The van der Waals surface area contributed by atoms with Crippen LogP contribution in [0.4, 0.5) is 0 Å². The van der Waals surface area contributed by atoms with Crippen LogP contribution in [0.1, 0.15) is 40.7 Å². The molecule has 2 aromatic carbocycles. The Hall–Kier alpha value is -2.95. The van der Waals surface area contributed by atoms with Gasteiger partial charge in [-0.3, -0.25) is 4.79 Å². The third kappa shape index (κ3) is 3.67. The van der Waals surface area contributed by atoms with E-state index in [1.807, 2.05) is 52.0 Å². The summed E-state index contributed by atoms with van der Waals surface area (Å²) in [5.41, 5.74) is 5.25. The van der Waals surface area contributed by atoms with E-state index in [4.69, 9.17) is 0 Å². The molecule has 0 saturated carbocycles. The van der Waals surface area contributed by atoms with Crippen LogP contribution >= 0.6 is 0 Å². The summed E-state index contributed by atoms with van der Waals surface area (Å²) in [6, 6.07) is 14.3. The van der Waals surface area contributed by atoms with Crippen LogP contribution in [0.3, 0.4) is 0 Å². The van der Waals surface area contributed by atoms with Gasteiger partial charge >= 0.3 is 0 Å². The minimum atomic E-state index is -0.246. The second-order valence-corrected chi connectivity index (χ2v) is 6.58. The molecule has 26 heavy (non-hydrogen) atoms. The fraction of sp³-hybridized carbons (Fsp3) is 0.286. The average molecular weight is 348 g/mol. The normalized spacial score (nSPS) is 10.8. The molecule has 0 aliphatic carbocycles. The Morgan fingerprint density at radius 1 is 1.04 bits per heavy atom. The van der Waals surface area contributed by atoms with Gasteiger partial charge in [0.1, 0.15) is 0 Å². The summed E-state index contributed by atoms with van der Waals surface area (Å²) in [6.45, 7) is 8.74. The summed E-state index contributed by atoms with van der Waals surface area (Å²) in [5.74, 6) is 0.611. The van der Waals surface area contributed by atoms with Gasteiger partial charge in [0.05, 0.1) is 5.69 Å². The molecular formula is C21H24N4O. The molecular weight excluding hydrogens is 324 g/mol. The standard InChI is InChI=1S/C21H24N4O/c1-5-12-22-21(26)19-23-20(17-10-7-14(2)8-11-17)25(24-19)18-13-15(3)6-9-16(18)4/h6-11,13H,5,12H2,1-4H3,(H,22,26). The Kier molecular flexibility index (Phi) is 5.16. The van der Waals surface area contributed by atoms with Crippen molar-refractivity contribution in [1.29, 1.82) is 0 Å². The van der Waals surface area contributed by atoms with Crippen molar-refractivity contribution in [3.8, 4) is 17.1 Å². The topological polar surface area (TPSA) is 59.8 Å². The van der Waals surface area contributed by atoms with Gasteiger partial charge in [-0.2, -0.15) is 0 Å². The van der Waals surface area contributed by atoms with Crippen LogP contribution < -0.4 is 5.32 Å². The third-order valence-corrected chi connectivity index (χ3v) is 4.25. The van der Waals surface area contributed by atoms with Crippen molar-refractivity contribution in [1.82, 2.24) is 20.1 Å². The van der Waals surface area contributed by atoms with Crippen molar-refractivity contribution < 1.29 is 4.79 Å². The quantitative estimate of drug-likeness (QED) is 0.758. The monoisotopic (exact) mass is 348 g/mol. The molecule has 0 unspecified atom stereocenters. The number of nitrogens with one attached hydrogen (secondary N) is 1. The van der Waals surface area contributed by atoms with E-state index in [1.54, 1.807) is 4.68 Å². The fourth-order valence-corrected chi connectivity index (χ4v) is 2.73. The molecule has 0 bridgehead atoms. The van der Waals surface area contributed by atoms with Gasteiger partial charge in [0.25, 0.3) is 5.91 Å². The number of nitrogens with zero attached hydrogens (tertiary/aromatic N) is 3. The van der Waals surface area contributed by atoms with E-state index in [1.165, 1.54) is 5.56 Å². The van der Waals surface area contributed by atoms with Gasteiger partial charge in [-0.1, -0.05) is 48.9 Å². The minimum Gasteiger partial charge on any atom is -0.349 e. The lowest BCUT2D eigenvalue weighted by molar-refractivity contribution is 0.0943. The molecule has 0 fully saturated rings. The number of aryl methyl sites for hydroxylation is 3. The van der Waals surface area contributed by atoms with Crippen LogP contribution in [0.5, 0.6) is 0 Å². The van der Waals surface area contributed by atoms with E-state index in [0.717, 1.165) is 28.8 Å². The highest BCUT2D eigenvalue weighted by Crippen LogP contribution is 2.24. The van der Waals surface area contributed by atoms with Crippen LogP contribution in [0.2, 0.25) is 0 Å². The van der Waals surface area contributed by atoms with Crippen molar-refractivity contribution in [2.24, 2.45) is 0 Å². The molecule has 5 heteroatoms. The fourth-order valence-electron chi connectivity index (χ4n) is 2.73. The van der Waals surface area contributed by atoms with Gasteiger partial charge in [0.2, 0.25) is 5.82 Å². The minimum absolute atomic E-state index is 0.190. The van der Waals surface area contributed by atoms with Crippen LogP contribution in [-0.4, -0.2) is 27.2 Å². The van der Waals surface area contributed by atoms with Gasteiger partial charge in [-0.25, -0.2) is 9.67 Å². The molecule has 1 N–H and O–H groups in total. The number of hydrogen-bond acceptors (Lipinski definition) is 3. The second kappa shape index (κ2) is 7.52. The summed E-state index contributed by atoms with van der Waals surface area (Å²) in [5, 5.41) is 7.38. The Morgan fingerprint density at radius 2 is 1.73 bits per heavy atom. The lowest BCUT2D eigenvalue weighted by Crippen LogP contribution is -2.25. The highest BCUT2D eigenvalue weighted by Gasteiger charge is 2.19. The van der Waals surface area contributed by atoms with Crippen molar-refractivity contribution in [3.05, 3.63) is 65.0 Å². The van der Waals surface area contributed by atoms with E-state index < -0.39 is 0 Å². The lowest BCUT2D eigenvalue weighted by atomic mass is 10.1. The highest BCUT2D eigenvalue weighted by atomic mass is 16.2. The summed E-state index contributed by atoms with van der Waals surface area (Å²) < 4.78 is 1.77. The largest absolute Gasteiger partial charge is 0.349 e. The van der Waals surface area contributed by atoms with E-state index in [0.29, 0.717) is 12.4 Å². The molecule has 0 aliphatic rings. The van der Waals surface area contributed by atoms with Gasteiger partial charge in [-0.05, 0) is 44.4 Å². The molecule has 0 aliphatic heterocycles. The molecule has 1 heterocycles. The molecule has 3 aromatic rings. The van der Waals surface area contributed by atoms with E-state index in [-0.39, 0.29) is 11.7 Å². The molecule has 0 saturated heterocycles. The van der Waals surface area contributed by atoms with E-state index in [9.17, 15) is 4.79 Å². The first kappa shape index (κ1) is 17.9. The molecule has 134 valence electrons. The molecule has 1 aromatic heterocycles. The molecule has 0 atom stereocenters. The molecule has 0 radical (unpaired) electrons. The summed E-state index contributed by atoms with van der Waals surface area (Å²) >= 11 is 0. The van der Waals surface area contributed by atoms with Gasteiger partial charge < -0.3 is 5.32 Å². The Labute approximate surface area is 154 Å². The van der Waals surface area contributed by atoms with Crippen molar-refractivity contribution in [2.75, 3.05) is 6.54 Å². The third-order valence-electron chi connectivity index (χ3n) is 4.25. The van der Waals surface area contributed by atoms with Gasteiger partial charge in [0, 0.05) is 12.1 Å². The van der Waals surface area contributed by atoms with Crippen molar-refractivity contribution in [3.63, 3.8) is 0 Å². The van der Waals surface area contributed by atoms with Crippen LogP contribution in [-0.2, 0) is 0 Å². The predicted octanol–water partition coefficient (Wildman–Crippen LogP) is 4.00. The Bertz CT molecular complexity index is 926. The Balaban J connectivity index is 2.14. The summed E-state index contributed by atoms with van der Waals surface area (Å²) in [4.78, 5) is 16.9. The van der Waals surface area contributed by atoms with E-state index >= 15 is 0 Å². The first-order chi connectivity index (χ1) is 12.5. The zero-order valence-corrected chi connectivity index (χ0v) is 15.7. The predicted molar refractivity (Wildman–Crippen MR) is 104 cm³/mol. The first-order valence-corrected chi connectivity index (χ1v) is 8.89. The lowest BCUT2D eigenvalue weighted by Gasteiger charge is -2.10. The number of aromatic nitrogens is 3. The summed E-state index contributed by atoms with van der Waals surface area (Å²) in [7, 11) is 0. The maximum absolute atomic E-state index is 12.4. The smallest absolute Gasteiger partial charge is 0.290 e. The molecule has 3 rings (SSSR count). The van der Waals surface area contributed by atoms with Crippen LogP contribution in [0.25, 0.3) is 17.1 Å². The number of rotatable bonds is 5. The average Bonchev–Trinajstić information content (AvgIpc) is 3.07. The molecule has 0 spiro atoms. The van der Waals surface area contributed by atoms with Gasteiger partial charge in [-0.15, -0.1) is 5.10 Å². The second-order valence-electron chi connectivity index (χ2n) is 6.58. The van der Waals surface area contributed by atoms with Crippen LogP contribution in [0, 0.1) is 20.8 Å². The van der Waals surface area contributed by atoms with Crippen molar-refractivity contribution in [2.45, 2.75) is 34.1 Å². The number of hydrogen-bond donors (Lipinski definition) is 1. The Morgan fingerprint density at radius 3 is 2.42 bits per heavy atom. The van der Waals surface area contributed by atoms with Crippen molar-refractivity contribution >= 4 is 5.91 Å². The maximum Gasteiger partial charge on any atom is 0.290 e. The first-order valence-electron chi connectivity index (χ1n) is 8.89. The molecule has 5 nitrogen and oxygen atoms in total. The summed E-state index contributed by atoms with van der Waals surface area (Å²) in [6.07, 6.45) is 0.869. The number of carbonyl (C=O) groups is 1.